The Labute approximate surface area is 107 Å². The predicted molar refractivity (Wildman–Crippen MR) is 67.6 cm³/mol. The molecule has 3 nitrogen and oxygen atoms in total. The van der Waals surface area contributed by atoms with Crippen molar-refractivity contribution in [1.29, 1.82) is 0 Å². The van der Waals surface area contributed by atoms with Crippen LogP contribution in [0.5, 0.6) is 5.75 Å². The summed E-state index contributed by atoms with van der Waals surface area (Å²) in [7, 11) is 1.49. The van der Waals surface area contributed by atoms with Crippen molar-refractivity contribution < 1.29 is 19.0 Å². The van der Waals surface area contributed by atoms with Gasteiger partial charge in [-0.15, -0.1) is 0 Å². The van der Waals surface area contributed by atoms with Crippen molar-refractivity contribution >= 4 is 5.97 Å². The van der Waals surface area contributed by atoms with Crippen LogP contribution in [0, 0.1) is 5.82 Å². The third kappa shape index (κ3) is 3.00. The standard InChI is InChI=1S/C14H19FO3/c1-5-10-11(15)6-9(7-12(10)18-4)14(2,3)8-13(16)17/h6-7H,5,8H2,1-4H3,(H,16,17). The van der Waals surface area contributed by atoms with E-state index in [1.807, 2.05) is 6.92 Å². The van der Waals surface area contributed by atoms with Crippen LogP contribution >= 0.6 is 0 Å². The summed E-state index contributed by atoms with van der Waals surface area (Å²) in [6.45, 7) is 5.41. The van der Waals surface area contributed by atoms with Crippen LogP contribution in [-0.2, 0) is 16.6 Å². The SMILES string of the molecule is CCc1c(F)cc(C(C)(C)CC(=O)O)cc1OC. The summed E-state index contributed by atoms with van der Waals surface area (Å²) >= 11 is 0. The van der Waals surface area contributed by atoms with Crippen molar-refractivity contribution in [2.24, 2.45) is 0 Å². The molecule has 0 atom stereocenters. The molecule has 100 valence electrons. The Balaban J connectivity index is 3.26. The molecule has 1 aromatic rings. The Morgan fingerprint density at radius 1 is 1.44 bits per heavy atom. The second-order valence-electron chi connectivity index (χ2n) is 4.95. The topological polar surface area (TPSA) is 46.5 Å². The van der Waals surface area contributed by atoms with Crippen LogP contribution < -0.4 is 4.74 Å². The number of rotatable bonds is 5. The quantitative estimate of drug-likeness (QED) is 0.878. The van der Waals surface area contributed by atoms with Crippen molar-refractivity contribution in [3.8, 4) is 5.75 Å². The van der Waals surface area contributed by atoms with Crippen molar-refractivity contribution in [1.82, 2.24) is 0 Å². The number of aliphatic carboxylic acids is 1. The van der Waals surface area contributed by atoms with Gasteiger partial charge in [0.2, 0.25) is 0 Å². The van der Waals surface area contributed by atoms with Gasteiger partial charge in [-0.2, -0.15) is 0 Å². The van der Waals surface area contributed by atoms with E-state index in [4.69, 9.17) is 9.84 Å². The highest BCUT2D eigenvalue weighted by atomic mass is 19.1. The number of benzene rings is 1. The Kier molecular flexibility index (Phi) is 4.33. The highest BCUT2D eigenvalue weighted by Crippen LogP contribution is 2.33. The fourth-order valence-electron chi connectivity index (χ4n) is 2.01. The predicted octanol–water partition coefficient (Wildman–Crippen LogP) is 3.15. The number of methoxy groups -OCH3 is 1. The molecule has 1 N–H and O–H groups in total. The van der Waals surface area contributed by atoms with Gasteiger partial charge in [0, 0.05) is 11.0 Å². The third-order valence-corrected chi connectivity index (χ3v) is 3.10. The fraction of sp³-hybridized carbons (Fsp3) is 0.500. The molecule has 0 unspecified atom stereocenters. The fourth-order valence-corrected chi connectivity index (χ4v) is 2.01. The van der Waals surface area contributed by atoms with Crippen LogP contribution in [0.3, 0.4) is 0 Å². The first-order valence-electron chi connectivity index (χ1n) is 5.90. The van der Waals surface area contributed by atoms with Crippen LogP contribution in [0.4, 0.5) is 4.39 Å². The van der Waals surface area contributed by atoms with E-state index in [9.17, 15) is 9.18 Å². The van der Waals surface area contributed by atoms with E-state index in [1.54, 1.807) is 19.9 Å². The first-order chi connectivity index (χ1) is 8.31. The molecule has 4 heteroatoms. The Bertz CT molecular complexity index is 453. The lowest BCUT2D eigenvalue weighted by Crippen LogP contribution is -2.22. The van der Waals surface area contributed by atoms with E-state index >= 15 is 0 Å². The lowest BCUT2D eigenvalue weighted by molar-refractivity contribution is -0.138. The first kappa shape index (κ1) is 14.5. The maximum absolute atomic E-state index is 13.9. The molecule has 0 aliphatic rings. The third-order valence-electron chi connectivity index (χ3n) is 3.10. The van der Waals surface area contributed by atoms with E-state index < -0.39 is 11.4 Å². The molecule has 0 saturated heterocycles. The lowest BCUT2D eigenvalue weighted by Gasteiger charge is -2.24. The average Bonchev–Trinajstić information content (AvgIpc) is 2.26. The average molecular weight is 254 g/mol. The Hall–Kier alpha value is -1.58. The molecule has 18 heavy (non-hydrogen) atoms. The van der Waals surface area contributed by atoms with Gasteiger partial charge in [-0.1, -0.05) is 20.8 Å². The molecule has 0 bridgehead atoms. The van der Waals surface area contributed by atoms with Gasteiger partial charge in [0.25, 0.3) is 0 Å². The normalized spacial score (nSPS) is 11.4. The second-order valence-corrected chi connectivity index (χ2v) is 4.95. The van der Waals surface area contributed by atoms with Crippen molar-refractivity contribution in [3.05, 3.63) is 29.1 Å². The monoisotopic (exact) mass is 254 g/mol. The molecule has 0 saturated carbocycles. The Morgan fingerprint density at radius 2 is 2.06 bits per heavy atom. The van der Waals surface area contributed by atoms with E-state index in [0.29, 0.717) is 23.3 Å². The molecule has 0 aliphatic carbocycles. The van der Waals surface area contributed by atoms with E-state index in [0.717, 1.165) is 0 Å². The van der Waals surface area contributed by atoms with Crippen LogP contribution in [0.25, 0.3) is 0 Å². The first-order valence-corrected chi connectivity index (χ1v) is 5.90. The summed E-state index contributed by atoms with van der Waals surface area (Å²) in [6.07, 6.45) is 0.482. The van der Waals surface area contributed by atoms with E-state index in [-0.39, 0.29) is 12.2 Å². The molecule has 0 aliphatic heterocycles. The minimum atomic E-state index is -0.904. The highest BCUT2D eigenvalue weighted by molar-refractivity contribution is 5.69. The maximum Gasteiger partial charge on any atom is 0.304 e. The van der Waals surface area contributed by atoms with Crippen molar-refractivity contribution in [3.63, 3.8) is 0 Å². The van der Waals surface area contributed by atoms with Gasteiger partial charge in [0.05, 0.1) is 13.5 Å². The van der Waals surface area contributed by atoms with Gasteiger partial charge >= 0.3 is 5.97 Å². The summed E-state index contributed by atoms with van der Waals surface area (Å²) < 4.78 is 19.1. The molecule has 0 aromatic heterocycles. The summed E-state index contributed by atoms with van der Waals surface area (Å²) in [5.74, 6) is -0.768. The number of carbonyl (C=O) groups is 1. The lowest BCUT2D eigenvalue weighted by atomic mass is 9.81. The maximum atomic E-state index is 13.9. The number of carboxylic acid groups (broad SMARTS) is 1. The Morgan fingerprint density at radius 3 is 2.50 bits per heavy atom. The molecular formula is C14H19FO3. The van der Waals surface area contributed by atoms with Crippen LogP contribution in [0.1, 0.15) is 38.3 Å². The highest BCUT2D eigenvalue weighted by Gasteiger charge is 2.26. The number of halogens is 1. The minimum Gasteiger partial charge on any atom is -0.496 e. The van der Waals surface area contributed by atoms with Gasteiger partial charge in [-0.3, -0.25) is 4.79 Å². The second kappa shape index (κ2) is 5.38. The minimum absolute atomic E-state index is 0.0545. The zero-order chi connectivity index (χ0) is 13.9. The molecule has 0 fully saturated rings. The molecule has 0 spiro atoms. The molecule has 1 aromatic carbocycles. The summed E-state index contributed by atoms with van der Waals surface area (Å²) in [6, 6.07) is 3.13. The van der Waals surface area contributed by atoms with Gasteiger partial charge < -0.3 is 9.84 Å². The van der Waals surface area contributed by atoms with E-state index in [1.165, 1.54) is 13.2 Å². The summed E-state index contributed by atoms with van der Waals surface area (Å²) in [4.78, 5) is 10.8. The number of hydrogen-bond donors (Lipinski definition) is 1. The summed E-state index contributed by atoms with van der Waals surface area (Å²) in [5, 5.41) is 8.88. The zero-order valence-electron chi connectivity index (χ0n) is 11.2. The van der Waals surface area contributed by atoms with E-state index in [2.05, 4.69) is 0 Å². The van der Waals surface area contributed by atoms with Gasteiger partial charge in [-0.05, 0) is 24.1 Å². The number of ether oxygens (including phenoxy) is 1. The van der Waals surface area contributed by atoms with Crippen LogP contribution in [0.2, 0.25) is 0 Å². The van der Waals surface area contributed by atoms with Crippen molar-refractivity contribution in [2.75, 3.05) is 7.11 Å². The zero-order valence-corrected chi connectivity index (χ0v) is 11.2. The largest absolute Gasteiger partial charge is 0.496 e. The number of carboxylic acids is 1. The van der Waals surface area contributed by atoms with Gasteiger partial charge in [-0.25, -0.2) is 4.39 Å². The number of hydrogen-bond acceptors (Lipinski definition) is 2. The molecule has 0 heterocycles. The van der Waals surface area contributed by atoms with Crippen molar-refractivity contribution in [2.45, 2.75) is 39.0 Å². The van der Waals surface area contributed by atoms with Crippen LogP contribution in [-0.4, -0.2) is 18.2 Å². The molecular weight excluding hydrogens is 235 g/mol. The van der Waals surface area contributed by atoms with Crippen LogP contribution in [0.15, 0.2) is 12.1 Å². The molecule has 1 rings (SSSR count). The van der Waals surface area contributed by atoms with Gasteiger partial charge in [0.1, 0.15) is 11.6 Å². The molecule has 0 amide bonds. The van der Waals surface area contributed by atoms with Gasteiger partial charge in [0.15, 0.2) is 0 Å². The summed E-state index contributed by atoms with van der Waals surface area (Å²) in [5.41, 5.74) is 0.524. The smallest absolute Gasteiger partial charge is 0.304 e. The molecule has 0 radical (unpaired) electrons.